The van der Waals surface area contributed by atoms with Crippen molar-refractivity contribution in [3.8, 4) is 5.75 Å². The number of carbonyl (C=O) groups is 1. The van der Waals surface area contributed by atoms with Gasteiger partial charge in [0.05, 0.1) is 24.3 Å². The van der Waals surface area contributed by atoms with E-state index in [1.807, 2.05) is 20.8 Å². The molecular weight excluding hydrogens is 272 g/mol. The molecule has 6 heteroatoms. The lowest BCUT2D eigenvalue weighted by Crippen LogP contribution is -2.32. The van der Waals surface area contributed by atoms with E-state index in [9.17, 15) is 9.90 Å². The van der Waals surface area contributed by atoms with Gasteiger partial charge in [0.25, 0.3) is 0 Å². The number of fused-ring (bicyclic) bond motifs is 1. The molecule has 21 heavy (non-hydrogen) atoms. The van der Waals surface area contributed by atoms with Gasteiger partial charge in [-0.2, -0.15) is 0 Å². The maximum absolute atomic E-state index is 11.8. The molecule has 6 nitrogen and oxygen atoms in total. The number of rotatable bonds is 3. The van der Waals surface area contributed by atoms with E-state index in [2.05, 4.69) is 5.32 Å². The fourth-order valence-corrected chi connectivity index (χ4v) is 2.05. The molecule has 2 rings (SSSR count). The van der Waals surface area contributed by atoms with Crippen LogP contribution in [-0.2, 0) is 9.53 Å². The van der Waals surface area contributed by atoms with Crippen LogP contribution in [0.15, 0.2) is 18.2 Å². The lowest BCUT2D eigenvalue weighted by atomic mass is 10.2. The molecule has 0 bridgehead atoms. The second-order valence-electron chi connectivity index (χ2n) is 5.96. The Hall–Kier alpha value is -1.79. The molecule has 0 spiro atoms. The van der Waals surface area contributed by atoms with Crippen LogP contribution in [-0.4, -0.2) is 36.7 Å². The maximum Gasteiger partial charge on any atom is 0.235 e. The van der Waals surface area contributed by atoms with Gasteiger partial charge in [-0.1, -0.05) is 0 Å². The predicted octanol–water partition coefficient (Wildman–Crippen LogP) is 1.93. The molecule has 0 saturated heterocycles. The molecule has 0 radical (unpaired) electrons. The van der Waals surface area contributed by atoms with Gasteiger partial charge in [0, 0.05) is 12.7 Å². The fourth-order valence-electron chi connectivity index (χ4n) is 2.05. The van der Waals surface area contributed by atoms with Crippen molar-refractivity contribution in [2.24, 2.45) is 0 Å². The molecule has 1 aromatic rings. The first-order valence-electron chi connectivity index (χ1n) is 6.92. The summed E-state index contributed by atoms with van der Waals surface area (Å²) in [6.45, 7) is 5.94. The van der Waals surface area contributed by atoms with E-state index in [0.717, 1.165) is 0 Å². The Labute approximate surface area is 124 Å². The normalized spacial score (nSPS) is 16.8. The van der Waals surface area contributed by atoms with E-state index in [-0.39, 0.29) is 5.91 Å². The van der Waals surface area contributed by atoms with Crippen molar-refractivity contribution in [3.05, 3.63) is 18.2 Å². The Morgan fingerprint density at radius 1 is 1.43 bits per heavy atom. The van der Waals surface area contributed by atoms with Gasteiger partial charge in [-0.25, -0.2) is 0 Å². The van der Waals surface area contributed by atoms with Gasteiger partial charge in [0.15, 0.2) is 0 Å². The SMILES string of the molecule is CN1C(=O)CCOc2ccc(NC(O)OC(C)(C)C)cc21. The average Bonchev–Trinajstić information content (AvgIpc) is 2.49. The van der Waals surface area contributed by atoms with Crippen LogP contribution < -0.4 is 15.0 Å². The Kier molecular flexibility index (Phi) is 4.39. The fraction of sp³-hybridized carbons (Fsp3) is 0.533. The number of aliphatic hydroxyl groups excluding tert-OH is 1. The van der Waals surface area contributed by atoms with Gasteiger partial charge in [0.2, 0.25) is 12.3 Å². The standard InChI is InChI=1S/C15H22N2O4/c1-15(2,3)21-14(19)16-10-5-6-12-11(9-10)17(4)13(18)7-8-20-12/h5-6,9,14,16,19H,7-8H2,1-4H3. The van der Waals surface area contributed by atoms with Crippen molar-refractivity contribution in [1.29, 1.82) is 0 Å². The second kappa shape index (κ2) is 5.91. The van der Waals surface area contributed by atoms with Crippen molar-refractivity contribution < 1.29 is 19.4 Å². The number of hydrogen-bond acceptors (Lipinski definition) is 5. The third kappa shape index (κ3) is 4.09. The third-order valence-electron chi connectivity index (χ3n) is 3.02. The van der Waals surface area contributed by atoms with Crippen LogP contribution in [0, 0.1) is 0 Å². The highest BCUT2D eigenvalue weighted by atomic mass is 16.6. The number of carbonyl (C=O) groups excluding carboxylic acids is 1. The summed E-state index contributed by atoms with van der Waals surface area (Å²) >= 11 is 0. The minimum Gasteiger partial charge on any atom is -0.491 e. The third-order valence-corrected chi connectivity index (χ3v) is 3.02. The quantitative estimate of drug-likeness (QED) is 0.834. The molecule has 0 saturated carbocycles. The molecule has 1 amide bonds. The Morgan fingerprint density at radius 2 is 2.14 bits per heavy atom. The summed E-state index contributed by atoms with van der Waals surface area (Å²) in [5.74, 6) is 0.650. The van der Waals surface area contributed by atoms with Gasteiger partial charge >= 0.3 is 0 Å². The number of aliphatic hydroxyl groups is 1. The lowest BCUT2D eigenvalue weighted by Gasteiger charge is -2.25. The molecule has 1 aliphatic rings. The zero-order valence-electron chi connectivity index (χ0n) is 12.8. The molecule has 2 N–H and O–H groups in total. The van der Waals surface area contributed by atoms with Crippen LogP contribution in [0.4, 0.5) is 11.4 Å². The molecule has 0 aliphatic carbocycles. The molecule has 1 atom stereocenters. The van der Waals surface area contributed by atoms with Crippen molar-refractivity contribution in [1.82, 2.24) is 0 Å². The summed E-state index contributed by atoms with van der Waals surface area (Å²) in [7, 11) is 1.71. The summed E-state index contributed by atoms with van der Waals surface area (Å²) in [4.78, 5) is 13.4. The molecule has 1 heterocycles. The zero-order chi connectivity index (χ0) is 15.6. The van der Waals surface area contributed by atoms with E-state index >= 15 is 0 Å². The van der Waals surface area contributed by atoms with E-state index < -0.39 is 12.0 Å². The monoisotopic (exact) mass is 294 g/mol. The molecule has 1 aromatic carbocycles. The van der Waals surface area contributed by atoms with Crippen molar-refractivity contribution in [2.75, 3.05) is 23.9 Å². The summed E-state index contributed by atoms with van der Waals surface area (Å²) in [5, 5.41) is 12.7. The van der Waals surface area contributed by atoms with Gasteiger partial charge in [-0.05, 0) is 39.0 Å². The molecule has 116 valence electrons. The lowest BCUT2D eigenvalue weighted by molar-refractivity contribution is -0.148. The first-order valence-corrected chi connectivity index (χ1v) is 6.92. The first kappa shape index (κ1) is 15.6. The number of ether oxygens (including phenoxy) is 2. The summed E-state index contributed by atoms with van der Waals surface area (Å²) in [6, 6.07) is 5.31. The van der Waals surface area contributed by atoms with Crippen LogP contribution in [0.25, 0.3) is 0 Å². The van der Waals surface area contributed by atoms with E-state index in [4.69, 9.17) is 9.47 Å². The number of hydrogen-bond donors (Lipinski definition) is 2. The highest BCUT2D eigenvalue weighted by Gasteiger charge is 2.21. The summed E-state index contributed by atoms with van der Waals surface area (Å²) in [5.41, 5.74) is 0.856. The molecule has 1 aliphatic heterocycles. The minimum atomic E-state index is -1.13. The average molecular weight is 294 g/mol. The number of anilines is 2. The zero-order valence-corrected chi connectivity index (χ0v) is 12.8. The Morgan fingerprint density at radius 3 is 2.81 bits per heavy atom. The van der Waals surface area contributed by atoms with Crippen LogP contribution >= 0.6 is 0 Å². The smallest absolute Gasteiger partial charge is 0.235 e. The van der Waals surface area contributed by atoms with E-state index in [1.165, 1.54) is 0 Å². The van der Waals surface area contributed by atoms with Crippen LogP contribution in [0.5, 0.6) is 5.75 Å². The number of nitrogens with one attached hydrogen (secondary N) is 1. The highest BCUT2D eigenvalue weighted by molar-refractivity contribution is 5.95. The maximum atomic E-state index is 11.8. The number of benzene rings is 1. The van der Waals surface area contributed by atoms with Crippen LogP contribution in [0.1, 0.15) is 27.2 Å². The number of nitrogens with zero attached hydrogens (tertiary/aromatic N) is 1. The van der Waals surface area contributed by atoms with E-state index in [1.54, 1.807) is 30.1 Å². The Bertz CT molecular complexity index is 525. The summed E-state index contributed by atoms with van der Waals surface area (Å²) < 4.78 is 10.9. The van der Waals surface area contributed by atoms with Crippen molar-refractivity contribution >= 4 is 17.3 Å². The highest BCUT2D eigenvalue weighted by Crippen LogP contribution is 2.33. The first-order chi connectivity index (χ1) is 9.76. The second-order valence-corrected chi connectivity index (χ2v) is 5.96. The van der Waals surface area contributed by atoms with Gasteiger partial charge in [0.1, 0.15) is 5.75 Å². The van der Waals surface area contributed by atoms with Crippen molar-refractivity contribution in [3.63, 3.8) is 0 Å². The Balaban J connectivity index is 2.16. The molecule has 0 aromatic heterocycles. The van der Waals surface area contributed by atoms with E-state index in [0.29, 0.717) is 30.2 Å². The van der Waals surface area contributed by atoms with Crippen LogP contribution in [0.3, 0.4) is 0 Å². The largest absolute Gasteiger partial charge is 0.491 e. The van der Waals surface area contributed by atoms with Gasteiger partial charge in [-0.3, -0.25) is 4.79 Å². The summed E-state index contributed by atoms with van der Waals surface area (Å²) in [6.07, 6.45) is -0.778. The predicted molar refractivity (Wildman–Crippen MR) is 80.4 cm³/mol. The topological polar surface area (TPSA) is 71.0 Å². The van der Waals surface area contributed by atoms with Crippen LogP contribution in [0.2, 0.25) is 0 Å². The molecule has 0 fully saturated rings. The van der Waals surface area contributed by atoms with Crippen molar-refractivity contribution in [2.45, 2.75) is 39.2 Å². The van der Waals surface area contributed by atoms with Gasteiger partial charge in [-0.15, -0.1) is 0 Å². The minimum absolute atomic E-state index is 0.00242. The number of amides is 1. The van der Waals surface area contributed by atoms with Gasteiger partial charge < -0.3 is 24.8 Å². The molecule has 1 unspecified atom stereocenters. The molecular formula is C15H22N2O4.